The molecule has 0 spiro atoms. The molecule has 1 nitrogen and oxygen atoms in total. The average molecular weight is 406 g/mol. The van der Waals surface area contributed by atoms with Gasteiger partial charge in [0, 0.05) is 12.2 Å². The van der Waals surface area contributed by atoms with E-state index in [4.69, 9.17) is 0 Å². The van der Waals surface area contributed by atoms with E-state index < -0.39 is 60.7 Å². The molecule has 0 heterocycles. The Kier molecular flexibility index (Phi) is 6.23. The molecule has 0 rings (SSSR count). The SMILES string of the molecule is FC(F)(F)C=CC(F)(OC(F)(C=CC(F)(F)F)C(F)(F)F)C(F)(F)F. The molecule has 0 fully saturated rings. The second kappa shape index (κ2) is 6.64. The molecule has 0 aromatic rings. The van der Waals surface area contributed by atoms with Crippen molar-refractivity contribution in [3.63, 3.8) is 0 Å². The molecule has 0 saturated heterocycles. The minimum Gasteiger partial charge on any atom is -0.287 e. The molecule has 0 aliphatic carbocycles. The van der Waals surface area contributed by atoms with Gasteiger partial charge in [0.2, 0.25) is 0 Å². The average Bonchev–Trinajstić information content (AvgIpc) is 2.29. The number of alkyl halides is 14. The molecule has 0 saturated carbocycles. The van der Waals surface area contributed by atoms with Crippen molar-refractivity contribution < 1.29 is 66.2 Å². The zero-order chi connectivity index (χ0) is 20.5. The van der Waals surface area contributed by atoms with E-state index in [0.717, 1.165) is 0 Å². The number of hydrogen-bond donors (Lipinski definition) is 0. The third kappa shape index (κ3) is 7.07. The van der Waals surface area contributed by atoms with Gasteiger partial charge in [-0.15, -0.1) is 0 Å². The highest BCUT2D eigenvalue weighted by Gasteiger charge is 2.67. The maximum atomic E-state index is 13.5. The highest BCUT2D eigenvalue weighted by atomic mass is 19.4. The van der Waals surface area contributed by atoms with E-state index in [0.29, 0.717) is 0 Å². The monoisotopic (exact) mass is 406 g/mol. The van der Waals surface area contributed by atoms with E-state index in [-0.39, 0.29) is 0 Å². The third-order valence-corrected chi connectivity index (χ3v) is 2.04. The van der Waals surface area contributed by atoms with Gasteiger partial charge in [0.05, 0.1) is 0 Å². The second-order valence-corrected chi connectivity index (χ2v) is 4.14. The van der Waals surface area contributed by atoms with Crippen molar-refractivity contribution in [1.29, 1.82) is 0 Å². The molecule has 0 bridgehead atoms. The molecule has 25 heavy (non-hydrogen) atoms. The van der Waals surface area contributed by atoms with E-state index in [1.54, 1.807) is 0 Å². The molecule has 2 unspecified atom stereocenters. The van der Waals surface area contributed by atoms with Crippen LogP contribution in [0.4, 0.5) is 61.5 Å². The first-order valence-electron chi connectivity index (χ1n) is 5.38. The van der Waals surface area contributed by atoms with Gasteiger partial charge in [0.25, 0.3) is 0 Å². The Hall–Kier alpha value is -1.54. The van der Waals surface area contributed by atoms with E-state index in [2.05, 4.69) is 4.74 Å². The number of hydrogen-bond acceptors (Lipinski definition) is 1. The van der Waals surface area contributed by atoms with Crippen LogP contribution < -0.4 is 0 Å². The van der Waals surface area contributed by atoms with E-state index >= 15 is 0 Å². The Balaban J connectivity index is 6.12. The summed E-state index contributed by atoms with van der Waals surface area (Å²) >= 11 is 0. The number of ether oxygens (including phenoxy) is 1. The summed E-state index contributed by atoms with van der Waals surface area (Å²) < 4.78 is 174. The standard InChI is InChI=1S/C10H4F14O/c11-5(9(19,20)21,1-3-7(13,14)15)25-6(12,10(22,23)24)2-4-8(16,17)18/h1-4H. The first-order valence-corrected chi connectivity index (χ1v) is 5.38. The maximum absolute atomic E-state index is 13.5. The molecule has 0 radical (unpaired) electrons. The minimum absolute atomic E-state index is 1.56. The van der Waals surface area contributed by atoms with Crippen LogP contribution in [0.2, 0.25) is 0 Å². The molecule has 0 N–H and O–H groups in total. The third-order valence-electron chi connectivity index (χ3n) is 2.04. The van der Waals surface area contributed by atoms with Gasteiger partial charge >= 0.3 is 36.4 Å². The van der Waals surface area contributed by atoms with E-state index in [1.807, 2.05) is 0 Å². The Labute approximate surface area is 128 Å². The molecule has 0 aromatic heterocycles. The van der Waals surface area contributed by atoms with Gasteiger partial charge in [-0.05, 0) is 12.2 Å². The summed E-state index contributed by atoms with van der Waals surface area (Å²) in [6.45, 7) is 0. The van der Waals surface area contributed by atoms with Crippen molar-refractivity contribution in [3.05, 3.63) is 24.3 Å². The number of allylic oxidation sites excluding steroid dienone is 2. The molecule has 15 heteroatoms. The lowest BCUT2D eigenvalue weighted by atomic mass is 10.2. The van der Waals surface area contributed by atoms with Gasteiger partial charge < -0.3 is 0 Å². The van der Waals surface area contributed by atoms with Crippen molar-refractivity contribution in [2.75, 3.05) is 0 Å². The lowest BCUT2D eigenvalue weighted by Crippen LogP contribution is -2.53. The van der Waals surface area contributed by atoms with Gasteiger partial charge in [-0.3, -0.25) is 4.74 Å². The molecule has 0 aliphatic heterocycles. The van der Waals surface area contributed by atoms with Crippen molar-refractivity contribution >= 4 is 0 Å². The second-order valence-electron chi connectivity index (χ2n) is 4.14. The van der Waals surface area contributed by atoms with Crippen LogP contribution in [0.25, 0.3) is 0 Å². The summed E-state index contributed by atoms with van der Waals surface area (Å²) in [7, 11) is 0. The van der Waals surface area contributed by atoms with E-state index in [9.17, 15) is 61.5 Å². The summed E-state index contributed by atoms with van der Waals surface area (Å²) in [6, 6.07) is 0. The Bertz CT molecular complexity index is 460. The fourth-order valence-corrected chi connectivity index (χ4v) is 0.992. The molecule has 0 amide bonds. The fourth-order valence-electron chi connectivity index (χ4n) is 0.992. The predicted molar refractivity (Wildman–Crippen MR) is 51.3 cm³/mol. The van der Waals surface area contributed by atoms with Crippen LogP contribution in [0.5, 0.6) is 0 Å². The molecular formula is C10H4F14O. The Morgan fingerprint density at radius 2 is 0.640 bits per heavy atom. The maximum Gasteiger partial charge on any atom is 0.452 e. The van der Waals surface area contributed by atoms with Crippen LogP contribution in [0, 0.1) is 0 Å². The number of halogens is 14. The van der Waals surface area contributed by atoms with Gasteiger partial charge in [0.1, 0.15) is 0 Å². The molecular weight excluding hydrogens is 402 g/mol. The van der Waals surface area contributed by atoms with Crippen molar-refractivity contribution in [2.24, 2.45) is 0 Å². The highest BCUT2D eigenvalue weighted by molar-refractivity contribution is 5.09. The molecule has 2 atom stereocenters. The van der Waals surface area contributed by atoms with E-state index in [1.165, 1.54) is 0 Å². The predicted octanol–water partition coefficient (Wildman–Crippen LogP) is 5.70. The lowest BCUT2D eigenvalue weighted by molar-refractivity contribution is -0.404. The zero-order valence-corrected chi connectivity index (χ0v) is 11.0. The Morgan fingerprint density at radius 3 is 0.800 bits per heavy atom. The summed E-state index contributed by atoms with van der Waals surface area (Å²) in [5.41, 5.74) is 0. The summed E-state index contributed by atoms with van der Waals surface area (Å²) in [5.74, 6) is -12.1. The van der Waals surface area contributed by atoms with Gasteiger partial charge in [-0.2, -0.15) is 61.5 Å². The first-order chi connectivity index (χ1) is 10.6. The van der Waals surface area contributed by atoms with Crippen LogP contribution in [0.1, 0.15) is 0 Å². The van der Waals surface area contributed by atoms with Crippen LogP contribution in [0.3, 0.4) is 0 Å². The zero-order valence-electron chi connectivity index (χ0n) is 11.0. The minimum atomic E-state index is -6.70. The van der Waals surface area contributed by atoms with Crippen LogP contribution >= 0.6 is 0 Å². The molecule has 0 aromatic carbocycles. The Morgan fingerprint density at radius 1 is 0.400 bits per heavy atom. The molecule has 148 valence electrons. The smallest absolute Gasteiger partial charge is 0.287 e. The normalized spacial score (nSPS) is 20.1. The summed E-state index contributed by atoms with van der Waals surface area (Å²) in [6.07, 6.45) is -31.2. The van der Waals surface area contributed by atoms with Crippen molar-refractivity contribution in [1.82, 2.24) is 0 Å². The van der Waals surface area contributed by atoms with Crippen LogP contribution in [-0.2, 0) is 4.74 Å². The fraction of sp³-hybridized carbons (Fsp3) is 0.600. The highest BCUT2D eigenvalue weighted by Crippen LogP contribution is 2.46. The van der Waals surface area contributed by atoms with Gasteiger partial charge in [-0.1, -0.05) is 0 Å². The summed E-state index contributed by atoms with van der Waals surface area (Å²) in [4.78, 5) is 0. The molecule has 0 aliphatic rings. The van der Waals surface area contributed by atoms with Gasteiger partial charge in [-0.25, -0.2) is 0 Å². The lowest BCUT2D eigenvalue weighted by Gasteiger charge is -2.33. The topological polar surface area (TPSA) is 9.23 Å². The van der Waals surface area contributed by atoms with Crippen molar-refractivity contribution in [2.45, 2.75) is 36.4 Å². The van der Waals surface area contributed by atoms with Gasteiger partial charge in [0.15, 0.2) is 0 Å². The quantitative estimate of drug-likeness (QED) is 0.430. The van der Waals surface area contributed by atoms with Crippen molar-refractivity contribution in [3.8, 4) is 0 Å². The summed E-state index contributed by atoms with van der Waals surface area (Å²) in [5, 5.41) is 0. The number of rotatable bonds is 4. The largest absolute Gasteiger partial charge is 0.452 e. The van der Waals surface area contributed by atoms with Crippen LogP contribution in [0.15, 0.2) is 24.3 Å². The first kappa shape index (κ1) is 23.5. The van der Waals surface area contributed by atoms with Crippen LogP contribution in [-0.4, -0.2) is 36.4 Å².